The lowest BCUT2D eigenvalue weighted by Gasteiger charge is -2.08. The van der Waals surface area contributed by atoms with Crippen molar-refractivity contribution in [1.29, 1.82) is 0 Å². The van der Waals surface area contributed by atoms with Crippen LogP contribution in [-0.4, -0.2) is 24.5 Å². The van der Waals surface area contributed by atoms with Gasteiger partial charge in [-0.05, 0) is 47.5 Å². The van der Waals surface area contributed by atoms with Gasteiger partial charge in [0, 0.05) is 31.9 Å². The van der Waals surface area contributed by atoms with Gasteiger partial charge >= 0.3 is 6.01 Å². The van der Waals surface area contributed by atoms with Crippen LogP contribution in [0.1, 0.15) is 16.8 Å². The molecule has 0 unspecified atom stereocenters. The number of ether oxygens (including phenoxy) is 1. The summed E-state index contributed by atoms with van der Waals surface area (Å²) < 4.78 is 7.72. The van der Waals surface area contributed by atoms with Gasteiger partial charge in [0.05, 0.1) is 28.4 Å². The van der Waals surface area contributed by atoms with E-state index >= 15 is 0 Å². The molecule has 0 bridgehead atoms. The molecule has 0 atom stereocenters. The zero-order chi connectivity index (χ0) is 22.6. The second-order valence-electron chi connectivity index (χ2n) is 7.60. The third-order valence-corrected chi connectivity index (χ3v) is 5.43. The van der Waals surface area contributed by atoms with Crippen LogP contribution >= 0.6 is 11.6 Å². The third kappa shape index (κ3) is 4.94. The number of nitrogens with zero attached hydrogens (tertiary/aromatic N) is 5. The van der Waals surface area contributed by atoms with E-state index in [1.807, 2.05) is 55.7 Å². The van der Waals surface area contributed by atoms with Crippen molar-refractivity contribution in [2.24, 2.45) is 7.05 Å². The van der Waals surface area contributed by atoms with Crippen molar-refractivity contribution in [3.05, 3.63) is 101 Å². The van der Waals surface area contributed by atoms with Gasteiger partial charge in [-0.15, -0.1) is 0 Å². The molecule has 0 amide bonds. The van der Waals surface area contributed by atoms with E-state index in [1.165, 1.54) is 18.0 Å². The lowest BCUT2D eigenvalue weighted by atomic mass is 10.1. The third-order valence-electron chi connectivity index (χ3n) is 5.24. The minimum Gasteiger partial charge on any atom is -0.424 e. The van der Waals surface area contributed by atoms with Crippen LogP contribution in [0.3, 0.4) is 0 Å². The van der Waals surface area contributed by atoms with Crippen molar-refractivity contribution in [3.8, 4) is 11.8 Å². The highest BCUT2D eigenvalue weighted by molar-refractivity contribution is 6.30. The Kier molecular flexibility index (Phi) is 5.87. The molecule has 5 rings (SSSR count). The second kappa shape index (κ2) is 9.26. The highest BCUT2D eigenvalue weighted by atomic mass is 35.5. The fraction of sp³-hybridized carbons (Fsp3) is 0.120. The van der Waals surface area contributed by atoms with E-state index in [0.29, 0.717) is 17.3 Å². The number of aryl methyl sites for hydroxylation is 1. The summed E-state index contributed by atoms with van der Waals surface area (Å²) in [6.07, 6.45) is 5.62. The largest absolute Gasteiger partial charge is 0.424 e. The molecule has 3 heterocycles. The maximum absolute atomic E-state index is 5.80. The summed E-state index contributed by atoms with van der Waals surface area (Å²) in [7, 11) is 2.02. The fourth-order valence-corrected chi connectivity index (χ4v) is 3.63. The van der Waals surface area contributed by atoms with Crippen LogP contribution in [0.5, 0.6) is 11.8 Å². The molecule has 8 heteroatoms. The molecule has 0 saturated heterocycles. The van der Waals surface area contributed by atoms with Crippen LogP contribution in [0, 0.1) is 0 Å². The highest BCUT2D eigenvalue weighted by Crippen LogP contribution is 2.23. The van der Waals surface area contributed by atoms with Crippen LogP contribution in [0.2, 0.25) is 5.02 Å². The molecule has 5 aromatic rings. The molecule has 0 fully saturated rings. The molecule has 0 spiro atoms. The van der Waals surface area contributed by atoms with Crippen LogP contribution in [-0.2, 0) is 20.0 Å². The number of aromatic nitrogens is 5. The monoisotopic (exact) mass is 456 g/mol. The standard InChI is InChI=1S/C25H21ClN6O/c1-32-23-13-18(12-20-4-2-3-11-27-20)7-10-22(23)31-24(32)28-14-17-5-8-21(9-6-17)33-25-29-15-19(26)16-30-25/h2-11,13,15-16H,12,14H2,1H3,(H,28,31). The summed E-state index contributed by atoms with van der Waals surface area (Å²) in [5.41, 5.74) is 5.39. The lowest BCUT2D eigenvalue weighted by molar-refractivity contribution is 0.441. The smallest absolute Gasteiger partial charge is 0.321 e. The predicted octanol–water partition coefficient (Wildman–Crippen LogP) is 5.41. The van der Waals surface area contributed by atoms with Gasteiger partial charge in [-0.2, -0.15) is 0 Å². The summed E-state index contributed by atoms with van der Waals surface area (Å²) >= 11 is 5.80. The van der Waals surface area contributed by atoms with Gasteiger partial charge in [-0.25, -0.2) is 15.0 Å². The Morgan fingerprint density at radius 1 is 0.939 bits per heavy atom. The quantitative estimate of drug-likeness (QED) is 0.353. The van der Waals surface area contributed by atoms with E-state index in [4.69, 9.17) is 21.3 Å². The number of hydrogen-bond donors (Lipinski definition) is 1. The number of anilines is 1. The fourth-order valence-electron chi connectivity index (χ4n) is 3.53. The molecule has 3 aromatic heterocycles. The maximum atomic E-state index is 5.80. The molecule has 7 nitrogen and oxygen atoms in total. The zero-order valence-corrected chi connectivity index (χ0v) is 18.7. The number of fused-ring (bicyclic) bond motifs is 1. The van der Waals surface area contributed by atoms with Crippen LogP contribution in [0.15, 0.2) is 79.3 Å². The van der Waals surface area contributed by atoms with E-state index in [9.17, 15) is 0 Å². The number of hydrogen-bond acceptors (Lipinski definition) is 6. The van der Waals surface area contributed by atoms with Crippen LogP contribution in [0.4, 0.5) is 5.95 Å². The van der Waals surface area contributed by atoms with Crippen molar-refractivity contribution in [2.75, 3.05) is 5.32 Å². The Morgan fingerprint density at radius 2 is 1.73 bits per heavy atom. The summed E-state index contributed by atoms with van der Waals surface area (Å²) in [6, 6.07) is 20.3. The molecule has 0 aliphatic carbocycles. The Morgan fingerprint density at radius 3 is 2.48 bits per heavy atom. The first-order chi connectivity index (χ1) is 16.1. The maximum Gasteiger partial charge on any atom is 0.321 e. The first-order valence-electron chi connectivity index (χ1n) is 10.5. The average molecular weight is 457 g/mol. The van der Waals surface area contributed by atoms with Crippen molar-refractivity contribution in [2.45, 2.75) is 13.0 Å². The lowest BCUT2D eigenvalue weighted by Crippen LogP contribution is -2.05. The van der Waals surface area contributed by atoms with Gasteiger partial charge in [0.1, 0.15) is 5.75 Å². The van der Waals surface area contributed by atoms with Crippen LogP contribution < -0.4 is 10.1 Å². The second-order valence-corrected chi connectivity index (χ2v) is 8.04. The minimum absolute atomic E-state index is 0.257. The number of rotatable bonds is 7. The van der Waals surface area contributed by atoms with E-state index in [0.717, 1.165) is 34.7 Å². The summed E-state index contributed by atoms with van der Waals surface area (Å²) in [6.45, 7) is 0.635. The Hall–Kier alpha value is -3.97. The van der Waals surface area contributed by atoms with Crippen molar-refractivity contribution >= 4 is 28.6 Å². The minimum atomic E-state index is 0.257. The normalized spacial score (nSPS) is 11.0. The van der Waals surface area contributed by atoms with E-state index in [-0.39, 0.29) is 6.01 Å². The molecular formula is C25H21ClN6O. The van der Waals surface area contributed by atoms with Crippen molar-refractivity contribution < 1.29 is 4.74 Å². The number of pyridine rings is 1. The van der Waals surface area contributed by atoms with Gasteiger partial charge in [0.2, 0.25) is 5.95 Å². The van der Waals surface area contributed by atoms with Crippen molar-refractivity contribution in [1.82, 2.24) is 24.5 Å². The number of halogens is 1. The SMILES string of the molecule is Cn1c(NCc2ccc(Oc3ncc(Cl)cn3)cc2)nc2ccc(Cc3ccccn3)cc21. The molecule has 0 saturated carbocycles. The van der Waals surface area contributed by atoms with Gasteiger partial charge in [-0.3, -0.25) is 4.98 Å². The molecular weight excluding hydrogens is 436 g/mol. The van der Waals surface area contributed by atoms with Crippen molar-refractivity contribution in [3.63, 3.8) is 0 Å². The first-order valence-corrected chi connectivity index (χ1v) is 10.9. The van der Waals surface area contributed by atoms with Gasteiger partial charge in [0.15, 0.2) is 0 Å². The van der Waals surface area contributed by atoms with Gasteiger partial charge in [0.25, 0.3) is 0 Å². The van der Waals surface area contributed by atoms with Gasteiger partial charge in [-0.1, -0.05) is 35.9 Å². The first kappa shape index (κ1) is 20.9. The number of nitrogens with one attached hydrogen (secondary N) is 1. The Bertz CT molecular complexity index is 1370. The molecule has 1 N–H and O–H groups in total. The van der Waals surface area contributed by atoms with E-state index in [1.54, 1.807) is 0 Å². The molecule has 0 aliphatic heterocycles. The van der Waals surface area contributed by atoms with Crippen LogP contribution in [0.25, 0.3) is 11.0 Å². The summed E-state index contributed by atoms with van der Waals surface area (Å²) in [4.78, 5) is 17.2. The van der Waals surface area contributed by atoms with E-state index in [2.05, 4.69) is 43.0 Å². The molecule has 0 aliphatic rings. The number of benzene rings is 2. The average Bonchev–Trinajstić information content (AvgIpc) is 3.16. The summed E-state index contributed by atoms with van der Waals surface area (Å²) in [5.74, 6) is 1.47. The Balaban J connectivity index is 1.25. The predicted molar refractivity (Wildman–Crippen MR) is 129 cm³/mol. The van der Waals surface area contributed by atoms with Gasteiger partial charge < -0.3 is 14.6 Å². The number of imidazole rings is 1. The molecule has 164 valence electrons. The topological polar surface area (TPSA) is 77.8 Å². The molecule has 33 heavy (non-hydrogen) atoms. The zero-order valence-electron chi connectivity index (χ0n) is 17.9. The molecule has 2 aromatic carbocycles. The Labute approximate surface area is 196 Å². The van der Waals surface area contributed by atoms with E-state index < -0.39 is 0 Å². The summed E-state index contributed by atoms with van der Waals surface area (Å²) in [5, 5.41) is 3.89. The highest BCUT2D eigenvalue weighted by Gasteiger charge is 2.09. The molecule has 0 radical (unpaired) electrons.